The maximum absolute atomic E-state index is 6.03. The second kappa shape index (κ2) is 6.06. The lowest BCUT2D eigenvalue weighted by molar-refractivity contribution is -0.0939. The van der Waals surface area contributed by atoms with Crippen molar-refractivity contribution in [1.82, 2.24) is 15.1 Å². The number of nitrogens with one attached hydrogen (secondary N) is 1. The van der Waals surface area contributed by atoms with Crippen LogP contribution in [0.5, 0.6) is 0 Å². The Morgan fingerprint density at radius 1 is 1.53 bits per heavy atom. The van der Waals surface area contributed by atoms with Gasteiger partial charge < -0.3 is 10.1 Å². The fraction of sp³-hybridized carbons (Fsp3) is 0.800. The van der Waals surface area contributed by atoms with Crippen LogP contribution in [0.25, 0.3) is 0 Å². The van der Waals surface area contributed by atoms with Crippen molar-refractivity contribution in [1.29, 1.82) is 0 Å². The van der Waals surface area contributed by atoms with E-state index in [1.807, 2.05) is 17.9 Å². The first-order chi connectivity index (χ1) is 9.08. The van der Waals surface area contributed by atoms with Crippen molar-refractivity contribution in [3.63, 3.8) is 0 Å². The summed E-state index contributed by atoms with van der Waals surface area (Å²) in [7, 11) is 1.96. The van der Waals surface area contributed by atoms with E-state index in [-0.39, 0.29) is 5.60 Å². The largest absolute Gasteiger partial charge is 0.375 e. The predicted octanol–water partition coefficient (Wildman–Crippen LogP) is 2.81. The first kappa shape index (κ1) is 14.5. The molecule has 2 heterocycles. The first-order valence-electron chi connectivity index (χ1n) is 7.47. The van der Waals surface area contributed by atoms with E-state index < -0.39 is 0 Å². The number of rotatable bonds is 5. The van der Waals surface area contributed by atoms with Crippen LogP contribution < -0.4 is 5.32 Å². The molecule has 0 amide bonds. The normalized spacial score (nSPS) is 24.3. The van der Waals surface area contributed by atoms with E-state index in [4.69, 9.17) is 4.74 Å². The van der Waals surface area contributed by atoms with Crippen LogP contribution in [0.3, 0.4) is 0 Å². The Kier molecular flexibility index (Phi) is 4.63. The maximum atomic E-state index is 6.03. The fourth-order valence-electron chi connectivity index (χ4n) is 3.03. The Balaban J connectivity index is 1.95. The van der Waals surface area contributed by atoms with E-state index in [1.54, 1.807) is 0 Å². The van der Waals surface area contributed by atoms with Gasteiger partial charge >= 0.3 is 0 Å². The molecule has 0 bridgehead atoms. The van der Waals surface area contributed by atoms with Gasteiger partial charge in [0.05, 0.1) is 11.8 Å². The van der Waals surface area contributed by atoms with Crippen LogP contribution in [-0.4, -0.2) is 28.0 Å². The van der Waals surface area contributed by atoms with Gasteiger partial charge in [0.1, 0.15) is 0 Å². The van der Waals surface area contributed by atoms with E-state index in [2.05, 4.69) is 37.4 Å². The minimum Gasteiger partial charge on any atom is -0.375 e. The summed E-state index contributed by atoms with van der Waals surface area (Å²) in [6, 6.07) is 0.895. The van der Waals surface area contributed by atoms with Gasteiger partial charge in [-0.15, -0.1) is 0 Å². The van der Waals surface area contributed by atoms with Crippen molar-refractivity contribution in [2.24, 2.45) is 7.05 Å². The van der Waals surface area contributed by atoms with E-state index in [1.165, 1.54) is 5.56 Å². The SMILES string of the molecule is CCC1(CC)CC(NC(C)c2cnn(C)c2)CCO1. The van der Waals surface area contributed by atoms with Crippen molar-refractivity contribution in [2.75, 3.05) is 6.61 Å². The monoisotopic (exact) mass is 265 g/mol. The summed E-state index contributed by atoms with van der Waals surface area (Å²) in [6.07, 6.45) is 8.45. The van der Waals surface area contributed by atoms with Crippen LogP contribution in [0.1, 0.15) is 58.1 Å². The molecule has 2 rings (SSSR count). The van der Waals surface area contributed by atoms with Gasteiger partial charge in [-0.05, 0) is 32.6 Å². The molecule has 0 spiro atoms. The Labute approximate surface area is 116 Å². The minimum absolute atomic E-state index is 0.0879. The number of nitrogens with zero attached hydrogens (tertiary/aromatic N) is 2. The summed E-state index contributed by atoms with van der Waals surface area (Å²) in [5.41, 5.74) is 1.34. The van der Waals surface area contributed by atoms with Crippen LogP contribution in [0.2, 0.25) is 0 Å². The molecule has 4 heteroatoms. The highest BCUT2D eigenvalue weighted by molar-refractivity contribution is 5.09. The summed E-state index contributed by atoms with van der Waals surface area (Å²) >= 11 is 0. The Bertz CT molecular complexity index is 398. The van der Waals surface area contributed by atoms with Gasteiger partial charge in [0.2, 0.25) is 0 Å². The molecule has 1 saturated heterocycles. The lowest BCUT2D eigenvalue weighted by atomic mass is 9.85. The molecule has 0 aliphatic carbocycles. The smallest absolute Gasteiger partial charge is 0.0692 e. The molecule has 0 saturated carbocycles. The average molecular weight is 265 g/mol. The zero-order valence-corrected chi connectivity index (χ0v) is 12.6. The van der Waals surface area contributed by atoms with Crippen LogP contribution in [0.4, 0.5) is 0 Å². The molecule has 0 radical (unpaired) electrons. The van der Waals surface area contributed by atoms with Gasteiger partial charge in [-0.1, -0.05) is 13.8 Å². The highest BCUT2D eigenvalue weighted by atomic mass is 16.5. The van der Waals surface area contributed by atoms with Crippen molar-refractivity contribution in [2.45, 2.75) is 64.1 Å². The molecular weight excluding hydrogens is 238 g/mol. The Hall–Kier alpha value is -0.870. The lowest BCUT2D eigenvalue weighted by Crippen LogP contribution is -2.47. The quantitative estimate of drug-likeness (QED) is 0.890. The first-order valence-corrected chi connectivity index (χ1v) is 7.47. The molecule has 1 N–H and O–H groups in total. The molecule has 1 aromatic rings. The highest BCUT2D eigenvalue weighted by Gasteiger charge is 2.34. The fourth-order valence-corrected chi connectivity index (χ4v) is 3.03. The average Bonchev–Trinajstić information content (AvgIpc) is 2.85. The summed E-state index contributed by atoms with van der Waals surface area (Å²) < 4.78 is 7.89. The van der Waals surface area contributed by atoms with E-state index in [0.717, 1.165) is 32.3 Å². The second-order valence-corrected chi connectivity index (χ2v) is 5.76. The molecule has 1 aliphatic heterocycles. The van der Waals surface area contributed by atoms with Gasteiger partial charge in [0, 0.05) is 37.5 Å². The molecule has 1 fully saturated rings. The summed E-state index contributed by atoms with van der Waals surface area (Å²) in [6.45, 7) is 7.55. The van der Waals surface area contributed by atoms with Crippen LogP contribution in [0.15, 0.2) is 12.4 Å². The van der Waals surface area contributed by atoms with Crippen molar-refractivity contribution < 1.29 is 4.74 Å². The van der Waals surface area contributed by atoms with Crippen LogP contribution in [0, 0.1) is 0 Å². The van der Waals surface area contributed by atoms with Crippen molar-refractivity contribution in [3.05, 3.63) is 18.0 Å². The molecular formula is C15H27N3O. The summed E-state index contributed by atoms with van der Waals surface area (Å²) in [4.78, 5) is 0. The molecule has 19 heavy (non-hydrogen) atoms. The zero-order chi connectivity index (χ0) is 13.9. The third-order valence-electron chi connectivity index (χ3n) is 4.49. The minimum atomic E-state index is 0.0879. The molecule has 1 aromatic heterocycles. The van der Waals surface area contributed by atoms with Gasteiger partial charge in [-0.2, -0.15) is 5.10 Å². The number of hydrogen-bond donors (Lipinski definition) is 1. The lowest BCUT2D eigenvalue weighted by Gasteiger charge is -2.41. The number of aryl methyl sites for hydroxylation is 1. The van der Waals surface area contributed by atoms with Crippen molar-refractivity contribution >= 4 is 0 Å². The third kappa shape index (κ3) is 3.37. The van der Waals surface area contributed by atoms with E-state index in [9.17, 15) is 0 Å². The molecule has 4 nitrogen and oxygen atoms in total. The van der Waals surface area contributed by atoms with Gasteiger partial charge in [0.15, 0.2) is 0 Å². The van der Waals surface area contributed by atoms with Gasteiger partial charge in [-0.3, -0.25) is 4.68 Å². The van der Waals surface area contributed by atoms with Gasteiger partial charge in [-0.25, -0.2) is 0 Å². The van der Waals surface area contributed by atoms with E-state index in [0.29, 0.717) is 12.1 Å². The van der Waals surface area contributed by atoms with Crippen LogP contribution in [-0.2, 0) is 11.8 Å². The Morgan fingerprint density at radius 3 is 2.84 bits per heavy atom. The molecule has 2 atom stereocenters. The van der Waals surface area contributed by atoms with Gasteiger partial charge in [0.25, 0.3) is 0 Å². The molecule has 1 aliphatic rings. The summed E-state index contributed by atoms with van der Waals surface area (Å²) in [5, 5.41) is 7.98. The second-order valence-electron chi connectivity index (χ2n) is 5.76. The summed E-state index contributed by atoms with van der Waals surface area (Å²) in [5.74, 6) is 0. The third-order valence-corrected chi connectivity index (χ3v) is 4.49. The number of aromatic nitrogens is 2. The van der Waals surface area contributed by atoms with Crippen molar-refractivity contribution in [3.8, 4) is 0 Å². The number of ether oxygens (including phenoxy) is 1. The highest BCUT2D eigenvalue weighted by Crippen LogP contribution is 2.32. The zero-order valence-electron chi connectivity index (χ0n) is 12.6. The standard InChI is InChI=1S/C15H27N3O/c1-5-15(6-2)9-14(7-8-19-15)17-12(3)13-10-16-18(4)11-13/h10-12,14,17H,5-9H2,1-4H3. The molecule has 2 unspecified atom stereocenters. The number of hydrogen-bond acceptors (Lipinski definition) is 3. The predicted molar refractivity (Wildman–Crippen MR) is 77.0 cm³/mol. The molecule has 108 valence electrons. The Morgan fingerprint density at radius 2 is 2.26 bits per heavy atom. The topological polar surface area (TPSA) is 39.1 Å². The maximum Gasteiger partial charge on any atom is 0.0692 e. The molecule has 0 aromatic carbocycles. The van der Waals surface area contributed by atoms with E-state index >= 15 is 0 Å². The van der Waals surface area contributed by atoms with Crippen LogP contribution >= 0.6 is 0 Å².